The van der Waals surface area contributed by atoms with Gasteiger partial charge in [0.1, 0.15) is 5.69 Å². The Kier molecular flexibility index (Phi) is 4.20. The van der Waals surface area contributed by atoms with Crippen molar-refractivity contribution in [3.8, 4) is 0 Å². The number of benzene rings is 1. The molecule has 23 heavy (non-hydrogen) atoms. The number of aliphatic hydroxyl groups is 1. The third-order valence-corrected chi connectivity index (χ3v) is 3.88. The van der Waals surface area contributed by atoms with Crippen LogP contribution in [-0.2, 0) is 11.3 Å². The molecule has 2 amide bonds. The van der Waals surface area contributed by atoms with E-state index in [0.717, 1.165) is 23.1 Å². The molecule has 0 fully saturated rings. The summed E-state index contributed by atoms with van der Waals surface area (Å²) in [6.07, 6.45) is -0.664. The molecule has 122 valence electrons. The highest BCUT2D eigenvalue weighted by Gasteiger charge is 2.19. The second kappa shape index (κ2) is 6.29. The number of hydrogen-bond donors (Lipinski definition) is 4. The molecule has 0 saturated heterocycles. The fraction of sp³-hybridized carbons (Fsp3) is 0.375. The number of aromatic nitrogens is 1. The van der Waals surface area contributed by atoms with E-state index in [-0.39, 0.29) is 18.4 Å². The van der Waals surface area contributed by atoms with E-state index in [4.69, 9.17) is 0 Å². The van der Waals surface area contributed by atoms with Crippen LogP contribution in [0.15, 0.2) is 24.3 Å². The van der Waals surface area contributed by atoms with E-state index in [2.05, 4.69) is 16.0 Å². The first-order valence-electron chi connectivity index (χ1n) is 7.62. The number of carbonyl (C=O) groups is 2. The number of rotatable bonds is 5. The molecule has 1 atom stereocenters. The zero-order chi connectivity index (χ0) is 16.4. The summed E-state index contributed by atoms with van der Waals surface area (Å²) >= 11 is 0. The van der Waals surface area contributed by atoms with Crippen molar-refractivity contribution in [2.24, 2.45) is 0 Å². The molecule has 2 aromatic rings. The lowest BCUT2D eigenvalue weighted by atomic mass is 10.2. The third-order valence-electron chi connectivity index (χ3n) is 3.88. The highest BCUT2D eigenvalue weighted by atomic mass is 16.3. The predicted molar refractivity (Wildman–Crippen MR) is 87.5 cm³/mol. The molecule has 7 heteroatoms. The van der Waals surface area contributed by atoms with Gasteiger partial charge in [0.15, 0.2) is 0 Å². The van der Waals surface area contributed by atoms with Gasteiger partial charge in [-0.25, -0.2) is 0 Å². The molecule has 7 nitrogen and oxygen atoms in total. The maximum atomic E-state index is 11.9. The summed E-state index contributed by atoms with van der Waals surface area (Å²) in [6, 6.07) is 7.73. The van der Waals surface area contributed by atoms with Gasteiger partial charge in [0, 0.05) is 49.7 Å². The van der Waals surface area contributed by atoms with Crippen molar-refractivity contribution in [2.75, 3.05) is 25.0 Å². The molecule has 0 spiro atoms. The maximum Gasteiger partial charge on any atom is 0.268 e. The number of amides is 2. The number of aliphatic hydroxyl groups excluding tert-OH is 1. The van der Waals surface area contributed by atoms with E-state index in [0.29, 0.717) is 18.8 Å². The maximum absolute atomic E-state index is 11.9. The van der Waals surface area contributed by atoms with Crippen LogP contribution in [0.5, 0.6) is 0 Å². The van der Waals surface area contributed by atoms with Crippen LogP contribution < -0.4 is 16.0 Å². The Morgan fingerprint density at radius 1 is 1.39 bits per heavy atom. The van der Waals surface area contributed by atoms with Crippen molar-refractivity contribution >= 4 is 28.4 Å². The molecule has 0 aliphatic carbocycles. The molecule has 0 bridgehead atoms. The minimum Gasteiger partial charge on any atom is -0.389 e. The van der Waals surface area contributed by atoms with Crippen molar-refractivity contribution in [3.05, 3.63) is 30.0 Å². The van der Waals surface area contributed by atoms with E-state index in [1.165, 1.54) is 6.92 Å². The molecule has 1 aromatic heterocycles. The fourth-order valence-corrected chi connectivity index (χ4v) is 2.75. The fourth-order valence-electron chi connectivity index (χ4n) is 2.75. The summed E-state index contributed by atoms with van der Waals surface area (Å²) in [5.41, 5.74) is 2.57. The molecule has 2 heterocycles. The Morgan fingerprint density at radius 3 is 3.00 bits per heavy atom. The van der Waals surface area contributed by atoms with Gasteiger partial charge in [-0.05, 0) is 24.3 Å². The van der Waals surface area contributed by atoms with E-state index in [9.17, 15) is 14.7 Å². The van der Waals surface area contributed by atoms with E-state index >= 15 is 0 Å². The van der Waals surface area contributed by atoms with Gasteiger partial charge in [0.2, 0.25) is 5.91 Å². The van der Waals surface area contributed by atoms with Crippen LogP contribution in [0, 0.1) is 0 Å². The molecule has 1 aromatic carbocycles. The molecule has 1 aliphatic heterocycles. The minimum atomic E-state index is -0.664. The van der Waals surface area contributed by atoms with Crippen molar-refractivity contribution < 1.29 is 14.7 Å². The van der Waals surface area contributed by atoms with Gasteiger partial charge in [0.25, 0.3) is 5.91 Å². The highest BCUT2D eigenvalue weighted by Crippen LogP contribution is 2.24. The summed E-state index contributed by atoms with van der Waals surface area (Å²) in [6.45, 7) is 3.38. The number of nitrogens with one attached hydrogen (secondary N) is 3. The van der Waals surface area contributed by atoms with Crippen molar-refractivity contribution in [1.29, 1.82) is 0 Å². The van der Waals surface area contributed by atoms with E-state index < -0.39 is 6.10 Å². The zero-order valence-electron chi connectivity index (χ0n) is 12.9. The van der Waals surface area contributed by atoms with Crippen molar-refractivity contribution in [2.45, 2.75) is 19.6 Å². The molecular weight excluding hydrogens is 296 g/mol. The first kappa shape index (κ1) is 15.4. The van der Waals surface area contributed by atoms with Gasteiger partial charge >= 0.3 is 0 Å². The lowest BCUT2D eigenvalue weighted by molar-refractivity contribution is -0.119. The predicted octanol–water partition coefficient (Wildman–Crippen LogP) is 0.294. The van der Waals surface area contributed by atoms with Crippen LogP contribution in [0.1, 0.15) is 17.4 Å². The molecule has 0 saturated carbocycles. The Balaban J connectivity index is 1.71. The number of nitrogens with zero attached hydrogens (tertiary/aromatic N) is 1. The average Bonchev–Trinajstić information content (AvgIpc) is 2.90. The summed E-state index contributed by atoms with van der Waals surface area (Å²) < 4.78 is 2.02. The smallest absolute Gasteiger partial charge is 0.268 e. The van der Waals surface area contributed by atoms with Crippen LogP contribution in [0.3, 0.4) is 0 Å². The van der Waals surface area contributed by atoms with Gasteiger partial charge in [-0.2, -0.15) is 0 Å². The first-order valence-corrected chi connectivity index (χ1v) is 7.62. The largest absolute Gasteiger partial charge is 0.389 e. The molecule has 3 rings (SSSR count). The molecule has 1 aliphatic rings. The highest BCUT2D eigenvalue weighted by molar-refractivity contribution is 6.00. The van der Waals surface area contributed by atoms with E-state index in [1.807, 2.05) is 28.8 Å². The van der Waals surface area contributed by atoms with Crippen LogP contribution in [0.25, 0.3) is 10.9 Å². The zero-order valence-corrected chi connectivity index (χ0v) is 12.9. The summed E-state index contributed by atoms with van der Waals surface area (Å²) in [5, 5.41) is 19.3. The van der Waals surface area contributed by atoms with Gasteiger partial charge in [-0.15, -0.1) is 0 Å². The number of anilines is 1. The Morgan fingerprint density at radius 2 is 2.22 bits per heavy atom. The standard InChI is InChI=1S/C16H20N4O3/c1-10(21)18-8-13(22)9-19-12-2-3-14-11(6-12)7-15-16(23)17-4-5-20(14)15/h2-3,6-7,13,19,22H,4-5,8-9H2,1H3,(H,17,23)(H,18,21)/t13-/m0/s1. The average molecular weight is 316 g/mol. The van der Waals surface area contributed by atoms with E-state index in [1.54, 1.807) is 0 Å². The topological polar surface area (TPSA) is 95.4 Å². The molecule has 4 N–H and O–H groups in total. The Labute approximate surface area is 133 Å². The Hall–Kier alpha value is -2.54. The normalized spacial score (nSPS) is 15.0. The number of carbonyl (C=O) groups excluding carboxylic acids is 2. The quantitative estimate of drug-likeness (QED) is 0.638. The summed E-state index contributed by atoms with van der Waals surface area (Å²) in [7, 11) is 0. The monoisotopic (exact) mass is 316 g/mol. The lowest BCUT2D eigenvalue weighted by Gasteiger charge is -2.16. The number of hydrogen-bond acceptors (Lipinski definition) is 4. The van der Waals surface area contributed by atoms with Gasteiger partial charge in [0.05, 0.1) is 6.10 Å². The van der Waals surface area contributed by atoms with Crippen molar-refractivity contribution in [3.63, 3.8) is 0 Å². The van der Waals surface area contributed by atoms with Crippen LogP contribution in [-0.4, -0.2) is 47.2 Å². The van der Waals surface area contributed by atoms with Gasteiger partial charge in [-0.3, -0.25) is 9.59 Å². The lowest BCUT2D eigenvalue weighted by Crippen LogP contribution is -2.34. The van der Waals surface area contributed by atoms with Crippen LogP contribution in [0.4, 0.5) is 5.69 Å². The Bertz CT molecular complexity index is 753. The second-order valence-electron chi connectivity index (χ2n) is 5.68. The first-order chi connectivity index (χ1) is 11.0. The molecule has 0 radical (unpaired) electrons. The summed E-state index contributed by atoms with van der Waals surface area (Å²) in [4.78, 5) is 22.7. The SMILES string of the molecule is CC(=O)NC[C@H](O)CNc1ccc2c(c1)cc1n2CCNC1=O. The van der Waals surface area contributed by atoms with Crippen molar-refractivity contribution in [1.82, 2.24) is 15.2 Å². The summed E-state index contributed by atoms with van der Waals surface area (Å²) in [5.74, 6) is -0.212. The third kappa shape index (κ3) is 3.29. The number of fused-ring (bicyclic) bond motifs is 3. The minimum absolute atomic E-state index is 0.0484. The molecule has 0 unspecified atom stereocenters. The van der Waals surface area contributed by atoms with Gasteiger partial charge < -0.3 is 25.6 Å². The van der Waals surface area contributed by atoms with Crippen LogP contribution >= 0.6 is 0 Å². The second-order valence-corrected chi connectivity index (χ2v) is 5.68. The molecular formula is C16H20N4O3. The van der Waals surface area contributed by atoms with Gasteiger partial charge in [-0.1, -0.05) is 0 Å². The van der Waals surface area contributed by atoms with Crippen LogP contribution in [0.2, 0.25) is 0 Å².